The van der Waals surface area contributed by atoms with E-state index >= 15 is 0 Å². The average Bonchev–Trinajstić information content (AvgIpc) is 2.94. The van der Waals surface area contributed by atoms with Crippen molar-refractivity contribution in [1.29, 1.82) is 0 Å². The fraction of sp³-hybridized carbons (Fsp3) is 0.194. The van der Waals surface area contributed by atoms with E-state index in [-0.39, 0.29) is 28.8 Å². The summed E-state index contributed by atoms with van der Waals surface area (Å²) in [7, 11) is 1.25. The van der Waals surface area contributed by atoms with Gasteiger partial charge in [-0.2, -0.15) is 4.99 Å². The molecule has 206 valence electrons. The zero-order valence-electron chi connectivity index (χ0n) is 22.9. The molecule has 40 heavy (non-hydrogen) atoms. The van der Waals surface area contributed by atoms with Crippen LogP contribution in [0.3, 0.4) is 0 Å². The number of carbonyl (C=O) groups is 4. The van der Waals surface area contributed by atoms with Crippen LogP contribution in [-0.2, 0) is 9.53 Å². The van der Waals surface area contributed by atoms with E-state index in [0.717, 1.165) is 0 Å². The molecule has 0 fully saturated rings. The van der Waals surface area contributed by atoms with Gasteiger partial charge < -0.3 is 21.1 Å². The third-order valence-corrected chi connectivity index (χ3v) is 5.89. The fourth-order valence-electron chi connectivity index (χ4n) is 3.87. The molecule has 0 saturated carbocycles. The molecule has 0 aromatic heterocycles. The first-order chi connectivity index (χ1) is 19.0. The molecule has 0 atom stereocenters. The van der Waals surface area contributed by atoms with Gasteiger partial charge >= 0.3 is 5.97 Å². The van der Waals surface area contributed by atoms with E-state index in [2.05, 4.69) is 22.2 Å². The average molecular weight is 541 g/mol. The Bertz CT molecular complexity index is 1490. The summed E-state index contributed by atoms with van der Waals surface area (Å²) >= 11 is 0. The molecule has 0 spiro atoms. The second-order valence-electron chi connectivity index (χ2n) is 9.41. The van der Waals surface area contributed by atoms with Crippen LogP contribution in [-0.4, -0.2) is 43.2 Å². The summed E-state index contributed by atoms with van der Waals surface area (Å²) < 4.78 is 5.00. The van der Waals surface area contributed by atoms with Gasteiger partial charge in [0.15, 0.2) is 0 Å². The van der Waals surface area contributed by atoms with Gasteiger partial charge in [-0.05, 0) is 65.1 Å². The number of methoxy groups -OCH3 is 1. The van der Waals surface area contributed by atoms with E-state index < -0.39 is 17.8 Å². The Labute approximate surface area is 233 Å². The molecule has 4 N–H and O–H groups in total. The Balaban J connectivity index is 2.02. The van der Waals surface area contributed by atoms with Crippen molar-refractivity contribution in [1.82, 2.24) is 5.32 Å². The van der Waals surface area contributed by atoms with E-state index in [1.54, 1.807) is 60.7 Å². The smallest absolute Gasteiger partial charge is 0.338 e. The number of hydrogen-bond acceptors (Lipinski definition) is 5. The second kappa shape index (κ2) is 13.1. The first kappa shape index (κ1) is 29.5. The number of nitrogens with zero attached hydrogens (tertiary/aromatic N) is 1. The highest BCUT2D eigenvalue weighted by Gasteiger charge is 2.21. The predicted octanol–water partition coefficient (Wildman–Crippen LogP) is 4.67. The van der Waals surface area contributed by atoms with E-state index in [1.807, 2.05) is 13.8 Å². The molecule has 3 aromatic carbocycles. The topological polar surface area (TPSA) is 140 Å². The van der Waals surface area contributed by atoms with Gasteiger partial charge in [-0.1, -0.05) is 44.7 Å². The highest BCUT2D eigenvalue weighted by atomic mass is 16.5. The minimum atomic E-state index is -0.645. The van der Waals surface area contributed by atoms with Gasteiger partial charge in [0.05, 0.1) is 12.7 Å². The number of nitrogens with one attached hydrogen (secondary N) is 2. The molecule has 9 nitrogen and oxygen atoms in total. The highest BCUT2D eigenvalue weighted by molar-refractivity contribution is 6.11. The molecular weight excluding hydrogens is 508 g/mol. The van der Waals surface area contributed by atoms with Gasteiger partial charge in [0.25, 0.3) is 11.8 Å². The number of amides is 3. The van der Waals surface area contributed by atoms with E-state index in [1.165, 1.54) is 20.1 Å². The summed E-state index contributed by atoms with van der Waals surface area (Å²) in [5.74, 6) is -1.49. The molecule has 0 saturated heterocycles. The number of ether oxygens (including phenoxy) is 1. The number of hydrogen-bond donors (Lipinski definition) is 3. The SMILES string of the molecule is C=Cc1ccc(-c2ccc(C(=O)NCC(C)C)cc2C(=O)OC)c(C(=O)Nc2ccc(C(N)=NC(C)=O)cc2)c1. The van der Waals surface area contributed by atoms with Crippen LogP contribution in [0, 0.1) is 5.92 Å². The van der Waals surface area contributed by atoms with Crippen LogP contribution >= 0.6 is 0 Å². The largest absolute Gasteiger partial charge is 0.465 e. The Morgan fingerprint density at radius 1 is 0.925 bits per heavy atom. The molecule has 0 aliphatic rings. The van der Waals surface area contributed by atoms with Crippen LogP contribution in [0.15, 0.2) is 72.2 Å². The Morgan fingerprint density at radius 3 is 2.15 bits per heavy atom. The standard InChI is InChI=1S/C31H32N4O5/c1-6-20-7-13-24(25-14-10-22(16-27(25)31(39)40-5)29(37)33-17-18(2)3)26(15-20)30(38)35-23-11-8-21(9-12-23)28(32)34-19(4)36/h6-16,18H,1,17H2,2-5H3,(H,33,37)(H,35,38)(H2,32,34,36). The monoisotopic (exact) mass is 540 g/mol. The Morgan fingerprint density at radius 2 is 1.55 bits per heavy atom. The number of nitrogens with two attached hydrogens (primary N) is 1. The first-order valence-electron chi connectivity index (χ1n) is 12.6. The van der Waals surface area contributed by atoms with Crippen LogP contribution in [0.5, 0.6) is 0 Å². The van der Waals surface area contributed by atoms with Gasteiger partial charge in [-0.15, -0.1) is 0 Å². The number of carbonyl (C=O) groups excluding carboxylic acids is 4. The second-order valence-corrected chi connectivity index (χ2v) is 9.41. The van der Waals surface area contributed by atoms with E-state index in [0.29, 0.717) is 40.0 Å². The number of amidine groups is 1. The number of aliphatic imine (C=N–C) groups is 1. The molecule has 3 rings (SSSR count). The van der Waals surface area contributed by atoms with Gasteiger partial charge in [0.1, 0.15) is 5.84 Å². The molecule has 9 heteroatoms. The summed E-state index contributed by atoms with van der Waals surface area (Å²) in [6.45, 7) is 9.54. The van der Waals surface area contributed by atoms with Crippen molar-refractivity contribution >= 4 is 41.3 Å². The van der Waals surface area contributed by atoms with Gasteiger partial charge in [0.2, 0.25) is 5.91 Å². The normalized spacial score (nSPS) is 11.1. The predicted molar refractivity (Wildman–Crippen MR) is 156 cm³/mol. The summed E-state index contributed by atoms with van der Waals surface area (Å²) in [4.78, 5) is 53.9. The third kappa shape index (κ3) is 7.28. The third-order valence-electron chi connectivity index (χ3n) is 5.89. The lowest BCUT2D eigenvalue weighted by atomic mass is 9.92. The number of rotatable bonds is 9. The minimum Gasteiger partial charge on any atom is -0.465 e. The van der Waals surface area contributed by atoms with E-state index in [4.69, 9.17) is 10.5 Å². The number of benzene rings is 3. The van der Waals surface area contributed by atoms with Crippen molar-refractivity contribution in [3.8, 4) is 11.1 Å². The number of esters is 1. The Kier molecular flexibility index (Phi) is 9.70. The van der Waals surface area contributed by atoms with Crippen molar-refractivity contribution in [3.05, 3.63) is 95.1 Å². The van der Waals surface area contributed by atoms with Crippen LogP contribution in [0.25, 0.3) is 17.2 Å². The van der Waals surface area contributed by atoms with Gasteiger partial charge in [-0.3, -0.25) is 14.4 Å². The van der Waals surface area contributed by atoms with Crippen molar-refractivity contribution in [2.75, 3.05) is 19.0 Å². The molecule has 3 aromatic rings. The van der Waals surface area contributed by atoms with Crippen molar-refractivity contribution in [2.24, 2.45) is 16.6 Å². The molecule has 3 amide bonds. The zero-order chi connectivity index (χ0) is 29.4. The van der Waals surface area contributed by atoms with E-state index in [9.17, 15) is 19.2 Å². The lowest BCUT2D eigenvalue weighted by Gasteiger charge is -2.16. The quantitative estimate of drug-likeness (QED) is 0.205. The maximum absolute atomic E-state index is 13.5. The van der Waals surface area contributed by atoms with Crippen LogP contribution in [0.4, 0.5) is 5.69 Å². The molecule has 0 aliphatic heterocycles. The zero-order valence-corrected chi connectivity index (χ0v) is 22.9. The molecule has 0 heterocycles. The molecular formula is C31H32N4O5. The van der Waals surface area contributed by atoms with Crippen LogP contribution in [0.2, 0.25) is 0 Å². The lowest BCUT2D eigenvalue weighted by Crippen LogP contribution is -2.27. The van der Waals surface area contributed by atoms with Crippen LogP contribution < -0.4 is 16.4 Å². The van der Waals surface area contributed by atoms with Gasteiger partial charge in [-0.25, -0.2) is 4.79 Å². The molecule has 0 radical (unpaired) electrons. The summed E-state index contributed by atoms with van der Waals surface area (Å²) in [5, 5.41) is 5.68. The molecule has 0 unspecified atom stereocenters. The number of anilines is 1. The highest BCUT2D eigenvalue weighted by Crippen LogP contribution is 2.31. The first-order valence-corrected chi connectivity index (χ1v) is 12.6. The van der Waals surface area contributed by atoms with Crippen molar-refractivity contribution in [2.45, 2.75) is 20.8 Å². The minimum absolute atomic E-state index is 0.0722. The Hall–Kier alpha value is -5.05. The molecule has 0 bridgehead atoms. The maximum atomic E-state index is 13.5. The summed E-state index contributed by atoms with van der Waals surface area (Å²) in [6, 6.07) is 16.4. The lowest BCUT2D eigenvalue weighted by molar-refractivity contribution is -0.115. The van der Waals surface area contributed by atoms with Gasteiger partial charge in [0, 0.05) is 35.8 Å². The van der Waals surface area contributed by atoms with Crippen LogP contribution in [0.1, 0.15) is 63.0 Å². The fourth-order valence-corrected chi connectivity index (χ4v) is 3.87. The summed E-state index contributed by atoms with van der Waals surface area (Å²) in [6.07, 6.45) is 1.61. The maximum Gasteiger partial charge on any atom is 0.338 e. The van der Waals surface area contributed by atoms with Crippen molar-refractivity contribution in [3.63, 3.8) is 0 Å². The van der Waals surface area contributed by atoms with Crippen molar-refractivity contribution < 1.29 is 23.9 Å². The summed E-state index contributed by atoms with van der Waals surface area (Å²) in [5.41, 5.74) is 9.15. The molecule has 0 aliphatic carbocycles.